The lowest BCUT2D eigenvalue weighted by Gasteiger charge is -2.00. The summed E-state index contributed by atoms with van der Waals surface area (Å²) in [5, 5.41) is 0.522. The maximum Gasteiger partial charge on any atom is 0.167 e. The van der Waals surface area contributed by atoms with E-state index < -0.39 is 0 Å². The first-order chi connectivity index (χ1) is 6.13. The number of hydrogen-bond donors (Lipinski definition) is 0. The van der Waals surface area contributed by atoms with Crippen molar-refractivity contribution in [2.45, 2.75) is 6.92 Å². The van der Waals surface area contributed by atoms with E-state index >= 15 is 0 Å². The van der Waals surface area contributed by atoms with Crippen molar-refractivity contribution < 1.29 is 4.79 Å². The van der Waals surface area contributed by atoms with Crippen molar-refractivity contribution in [2.75, 3.05) is 0 Å². The van der Waals surface area contributed by atoms with Crippen LogP contribution in [0, 0.1) is 0 Å². The largest absolute Gasteiger partial charge is 0.294 e. The lowest BCUT2D eigenvalue weighted by Crippen LogP contribution is -1.90. The summed E-state index contributed by atoms with van der Waals surface area (Å²) in [5.41, 5.74) is 0.878. The molecule has 0 aromatic heterocycles. The van der Waals surface area contributed by atoms with E-state index in [1.165, 1.54) is 6.92 Å². The second-order valence-corrected chi connectivity index (χ2v) is 4.01. The van der Waals surface area contributed by atoms with Crippen LogP contribution in [0.2, 0.25) is 0 Å². The molecule has 0 saturated carbocycles. The summed E-state index contributed by atoms with van der Waals surface area (Å²) >= 11 is 7.96. The zero-order chi connectivity index (χ0) is 9.84. The molecule has 0 saturated heterocycles. The van der Waals surface area contributed by atoms with Crippen LogP contribution in [0.15, 0.2) is 33.9 Å². The second kappa shape index (κ2) is 4.77. The molecule has 1 nitrogen and oxygen atoms in total. The number of carbonyl (C=O) groups excluding carboxylic acids is 1. The summed E-state index contributed by atoms with van der Waals surface area (Å²) in [6, 6.07) is 9.45. The van der Waals surface area contributed by atoms with Crippen molar-refractivity contribution in [3.63, 3.8) is 0 Å². The van der Waals surface area contributed by atoms with Crippen LogP contribution in [-0.2, 0) is 4.79 Å². The Labute approximate surface area is 95.9 Å². The summed E-state index contributed by atoms with van der Waals surface area (Å²) < 4.78 is 0.575. The third-order valence-electron chi connectivity index (χ3n) is 1.53. The van der Waals surface area contributed by atoms with Gasteiger partial charge in [-0.25, -0.2) is 0 Å². The van der Waals surface area contributed by atoms with Gasteiger partial charge in [0.2, 0.25) is 0 Å². The Morgan fingerprint density at radius 1 is 1.31 bits per heavy atom. The van der Waals surface area contributed by atoms with Gasteiger partial charge in [0, 0.05) is 0 Å². The topological polar surface area (TPSA) is 17.1 Å². The zero-order valence-electron chi connectivity index (χ0n) is 7.05. The highest BCUT2D eigenvalue weighted by Crippen LogP contribution is 2.27. The fourth-order valence-corrected chi connectivity index (χ4v) is 1.44. The van der Waals surface area contributed by atoms with Crippen molar-refractivity contribution in [2.24, 2.45) is 0 Å². The molecule has 13 heavy (non-hydrogen) atoms. The van der Waals surface area contributed by atoms with Crippen LogP contribution in [0.3, 0.4) is 0 Å². The molecule has 0 aliphatic carbocycles. The summed E-state index contributed by atoms with van der Waals surface area (Å²) in [6.45, 7) is 1.51. The minimum Gasteiger partial charge on any atom is -0.294 e. The molecule has 0 amide bonds. The minimum atomic E-state index is -0.00514. The Bertz CT molecular complexity index is 343. The van der Waals surface area contributed by atoms with E-state index in [-0.39, 0.29) is 5.78 Å². The fourth-order valence-electron chi connectivity index (χ4n) is 0.866. The van der Waals surface area contributed by atoms with Gasteiger partial charge in [-0.1, -0.05) is 41.9 Å². The van der Waals surface area contributed by atoms with Crippen LogP contribution in [0.25, 0.3) is 5.03 Å². The smallest absolute Gasteiger partial charge is 0.167 e. The minimum absolute atomic E-state index is 0.00514. The van der Waals surface area contributed by atoms with Gasteiger partial charge in [0.05, 0.1) is 8.61 Å². The van der Waals surface area contributed by atoms with Crippen molar-refractivity contribution >= 4 is 45.0 Å². The van der Waals surface area contributed by atoms with Crippen molar-refractivity contribution in [3.05, 3.63) is 39.5 Å². The molecule has 3 heteroatoms. The average molecular weight is 307 g/mol. The predicted octanol–water partition coefficient (Wildman–Crippen LogP) is 3.62. The molecular formula is C10H8ClIO. The standard InChI is InChI=1S/C10H8ClIO/c1-7(13)10(12)9(11)8-5-3-2-4-6-8/h2-6H,1H3/b10-9-. The van der Waals surface area contributed by atoms with E-state index in [0.717, 1.165) is 5.56 Å². The van der Waals surface area contributed by atoms with Crippen LogP contribution in [0.5, 0.6) is 0 Å². The first-order valence-corrected chi connectivity index (χ1v) is 5.20. The van der Waals surface area contributed by atoms with Crippen molar-refractivity contribution in [1.82, 2.24) is 0 Å². The molecule has 0 spiro atoms. The third kappa shape index (κ3) is 2.81. The monoisotopic (exact) mass is 306 g/mol. The molecule has 1 aromatic rings. The summed E-state index contributed by atoms with van der Waals surface area (Å²) in [6.07, 6.45) is 0. The summed E-state index contributed by atoms with van der Waals surface area (Å²) in [4.78, 5) is 11.0. The van der Waals surface area contributed by atoms with E-state index in [1.807, 2.05) is 52.9 Å². The maximum absolute atomic E-state index is 11.0. The number of ketones is 1. The molecule has 0 heterocycles. The van der Waals surface area contributed by atoms with Gasteiger partial charge in [-0.05, 0) is 35.1 Å². The second-order valence-electron chi connectivity index (χ2n) is 2.55. The summed E-state index contributed by atoms with van der Waals surface area (Å²) in [5.74, 6) is -0.00514. The Morgan fingerprint density at radius 2 is 1.85 bits per heavy atom. The van der Waals surface area contributed by atoms with Crippen LogP contribution in [0.1, 0.15) is 12.5 Å². The molecule has 1 aromatic carbocycles. The number of rotatable bonds is 2. The lowest BCUT2D eigenvalue weighted by molar-refractivity contribution is -0.112. The zero-order valence-corrected chi connectivity index (χ0v) is 9.96. The normalized spacial score (nSPS) is 12.2. The van der Waals surface area contributed by atoms with E-state index in [4.69, 9.17) is 11.6 Å². The van der Waals surface area contributed by atoms with E-state index in [9.17, 15) is 4.79 Å². The Kier molecular flexibility index (Phi) is 3.93. The average Bonchev–Trinajstić information content (AvgIpc) is 2.17. The highest BCUT2D eigenvalue weighted by atomic mass is 127. The molecular weight excluding hydrogens is 298 g/mol. The van der Waals surface area contributed by atoms with Crippen LogP contribution in [-0.4, -0.2) is 5.78 Å². The van der Waals surface area contributed by atoms with Gasteiger partial charge in [-0.3, -0.25) is 4.79 Å². The maximum atomic E-state index is 11.0. The van der Waals surface area contributed by atoms with Crippen molar-refractivity contribution in [1.29, 1.82) is 0 Å². The quantitative estimate of drug-likeness (QED) is 0.602. The van der Waals surface area contributed by atoms with Crippen LogP contribution < -0.4 is 0 Å². The first-order valence-electron chi connectivity index (χ1n) is 3.74. The highest BCUT2D eigenvalue weighted by Gasteiger charge is 2.07. The molecule has 0 unspecified atom stereocenters. The van der Waals surface area contributed by atoms with Gasteiger partial charge in [0.1, 0.15) is 0 Å². The number of carbonyl (C=O) groups is 1. The molecule has 0 atom stereocenters. The summed E-state index contributed by atoms with van der Waals surface area (Å²) in [7, 11) is 0. The number of allylic oxidation sites excluding steroid dienone is 1. The molecule has 68 valence electrons. The predicted molar refractivity (Wildman–Crippen MR) is 63.9 cm³/mol. The van der Waals surface area contributed by atoms with E-state index in [1.54, 1.807) is 0 Å². The number of hydrogen-bond acceptors (Lipinski definition) is 1. The van der Waals surface area contributed by atoms with Gasteiger partial charge >= 0.3 is 0 Å². The van der Waals surface area contributed by atoms with E-state index in [0.29, 0.717) is 8.61 Å². The molecule has 0 aliphatic rings. The van der Waals surface area contributed by atoms with Crippen molar-refractivity contribution in [3.8, 4) is 0 Å². The number of Topliss-reactive ketones (excluding diaryl/α,β-unsaturated/α-hetero) is 1. The molecule has 0 radical (unpaired) electrons. The molecule has 0 aliphatic heterocycles. The lowest BCUT2D eigenvalue weighted by atomic mass is 10.2. The van der Waals surface area contributed by atoms with Gasteiger partial charge < -0.3 is 0 Å². The molecule has 0 bridgehead atoms. The van der Waals surface area contributed by atoms with Crippen LogP contribution in [0.4, 0.5) is 0 Å². The molecule has 0 N–H and O–H groups in total. The Balaban J connectivity index is 3.11. The van der Waals surface area contributed by atoms with Gasteiger partial charge in [0.25, 0.3) is 0 Å². The fraction of sp³-hybridized carbons (Fsp3) is 0.100. The number of halogens is 2. The van der Waals surface area contributed by atoms with E-state index in [2.05, 4.69) is 0 Å². The van der Waals surface area contributed by atoms with Crippen LogP contribution >= 0.6 is 34.2 Å². The Hall–Kier alpha value is -0.350. The van der Waals surface area contributed by atoms with Gasteiger partial charge in [0.15, 0.2) is 5.78 Å². The highest BCUT2D eigenvalue weighted by molar-refractivity contribution is 14.1. The van der Waals surface area contributed by atoms with Gasteiger partial charge in [-0.2, -0.15) is 0 Å². The molecule has 1 rings (SSSR count). The first kappa shape index (κ1) is 10.7. The Morgan fingerprint density at radius 3 is 2.31 bits per heavy atom. The SMILES string of the molecule is CC(=O)/C(I)=C(/Cl)c1ccccc1. The molecule has 0 fully saturated rings. The number of benzene rings is 1. The third-order valence-corrected chi connectivity index (χ3v) is 3.55. The van der Waals surface area contributed by atoms with Gasteiger partial charge in [-0.15, -0.1) is 0 Å².